The molecule has 0 spiro atoms. The van der Waals surface area contributed by atoms with E-state index in [0.29, 0.717) is 23.5 Å². The van der Waals surface area contributed by atoms with Crippen LogP contribution in [-0.4, -0.2) is 268 Å². The monoisotopic (exact) mass is 1850 g/mol. The highest BCUT2D eigenvalue weighted by atomic mass is 32.1. The predicted octanol–water partition coefficient (Wildman–Crippen LogP) is -2.75. The third kappa shape index (κ3) is 36.9. The Kier molecular flexibility index (Phi) is 43.6. The van der Waals surface area contributed by atoms with Crippen LogP contribution in [-0.2, 0) is 115 Å². The summed E-state index contributed by atoms with van der Waals surface area (Å²) in [5.41, 5.74) is 8.11. The Morgan fingerprint density at radius 1 is 0.269 bits per heavy atom. The molecule has 47 heteroatoms. The van der Waals surface area contributed by atoms with Crippen molar-refractivity contribution in [2.45, 2.75) is 258 Å². The SMILES string of the molecule is CC(C)C[C@H](NC(=O)[C@H](Cc1c[nH]cn1)NC(=O)[C@H](CS)NC(=O)[C@H](CC(C)C)NC(=O)[C@H](Cc1c[nH]cn1)NC(=O)[C@H](Cc1c[nH]cn1)NC(=O)[C@H](CC(C)C)NC(=O)[C@H](CC(C)C)NC(=O)[C@H](Cc1c[nH]cn1)NC(=O)[C@H](CS)NC(=O)[C@H](CC(C)C)NC(=O)[C@H](Cc1c[nH]cn1)NC(=O)[C@H](Cc1c[nH]cn1)NC(=O)[C@@H](N)CC(C)C)C(=O)N[C@@H](C)C(=O)NCC(=O)O. The summed E-state index contributed by atoms with van der Waals surface area (Å²) in [6.07, 6.45) is 15.9. The number of aromatic amines is 6. The summed E-state index contributed by atoms with van der Waals surface area (Å²) in [5, 5.41) is 48.8. The van der Waals surface area contributed by atoms with Gasteiger partial charge in [-0.1, -0.05) is 83.1 Å². The Bertz CT molecular complexity index is 4610. The topological polar surface area (TPSA) is 672 Å². The number of carboxylic acid groups (broad SMARTS) is 1. The summed E-state index contributed by atoms with van der Waals surface area (Å²) in [4.78, 5) is 269. The Morgan fingerprint density at radius 2 is 0.446 bits per heavy atom. The quantitative estimate of drug-likeness (QED) is 0.0172. The summed E-state index contributed by atoms with van der Waals surface area (Å²) in [7, 11) is 0. The minimum atomic E-state index is -1.56. The number of nitrogens with one attached hydrogen (secondary N) is 21. The van der Waals surface area contributed by atoms with Crippen molar-refractivity contribution in [2.75, 3.05) is 18.1 Å². The summed E-state index contributed by atoms with van der Waals surface area (Å²) in [6.45, 7) is 22.1. The molecule has 0 aromatic carbocycles. The second-order valence-corrected chi connectivity index (χ2v) is 35.2. The van der Waals surface area contributed by atoms with Gasteiger partial charge in [0.2, 0.25) is 88.6 Å². The molecular weight excluding hydrogens is 1730 g/mol. The Hall–Kier alpha value is -12.6. The first kappa shape index (κ1) is 106. The third-order valence-electron chi connectivity index (χ3n) is 20.2. The van der Waals surface area contributed by atoms with Crippen LogP contribution in [0.5, 0.6) is 0 Å². The number of aliphatic carboxylic acids is 1. The zero-order chi connectivity index (χ0) is 96.0. The fourth-order valence-electron chi connectivity index (χ4n) is 13.7. The average molecular weight is 1850 g/mol. The van der Waals surface area contributed by atoms with E-state index in [-0.39, 0.29) is 135 Å². The number of H-pyrrole nitrogens is 6. The van der Waals surface area contributed by atoms with Crippen LogP contribution in [0.25, 0.3) is 0 Å². The largest absolute Gasteiger partial charge is 0.480 e. The predicted molar refractivity (Wildman–Crippen MR) is 480 cm³/mol. The van der Waals surface area contributed by atoms with Gasteiger partial charge in [-0.3, -0.25) is 76.7 Å². The van der Waals surface area contributed by atoms with Gasteiger partial charge >= 0.3 is 5.97 Å². The zero-order valence-electron chi connectivity index (χ0n) is 75.3. The van der Waals surface area contributed by atoms with Gasteiger partial charge in [-0.25, -0.2) is 29.9 Å². The van der Waals surface area contributed by atoms with Crippen LogP contribution in [0, 0.1) is 35.5 Å². The van der Waals surface area contributed by atoms with Crippen molar-refractivity contribution < 1.29 is 81.8 Å². The van der Waals surface area contributed by atoms with Gasteiger partial charge in [0.25, 0.3) is 0 Å². The zero-order valence-corrected chi connectivity index (χ0v) is 77.1. The van der Waals surface area contributed by atoms with Crippen LogP contribution in [0.3, 0.4) is 0 Å². The first-order valence-corrected chi connectivity index (χ1v) is 44.4. The molecule has 0 saturated carbocycles. The number of amides is 15. The number of nitrogens with two attached hydrogens (primary N) is 1. The highest BCUT2D eigenvalue weighted by molar-refractivity contribution is 7.80. The molecule has 24 N–H and O–H groups in total. The molecule has 6 aromatic rings. The molecule has 15 amide bonds. The highest BCUT2D eigenvalue weighted by Crippen LogP contribution is 2.17. The van der Waals surface area contributed by atoms with Gasteiger partial charge in [-0.15, -0.1) is 0 Å². The van der Waals surface area contributed by atoms with E-state index >= 15 is 9.59 Å². The first-order valence-electron chi connectivity index (χ1n) is 43.2. The average Bonchev–Trinajstić information content (AvgIpc) is 1.25. The van der Waals surface area contributed by atoms with Gasteiger partial charge in [-0.2, -0.15) is 25.3 Å². The van der Waals surface area contributed by atoms with Crippen LogP contribution >= 0.6 is 25.3 Å². The molecule has 6 aromatic heterocycles. The maximum atomic E-state index is 15.1. The summed E-state index contributed by atoms with van der Waals surface area (Å²) < 4.78 is 0. The van der Waals surface area contributed by atoms with E-state index in [1.54, 1.807) is 75.4 Å². The second kappa shape index (κ2) is 53.4. The molecule has 15 atom stereocenters. The molecule has 6 heterocycles. The fraction of sp³-hybridized carbons (Fsp3) is 0.590. The molecule has 0 fully saturated rings. The minimum Gasteiger partial charge on any atom is -0.480 e. The van der Waals surface area contributed by atoms with Gasteiger partial charge in [0.1, 0.15) is 91.1 Å². The van der Waals surface area contributed by atoms with E-state index < -0.39 is 192 Å². The van der Waals surface area contributed by atoms with Crippen molar-refractivity contribution in [2.24, 2.45) is 41.2 Å². The van der Waals surface area contributed by atoms with Gasteiger partial charge in [0, 0.05) is 87.2 Å². The minimum absolute atomic E-state index is 0.0104. The molecule has 0 saturated heterocycles. The molecule has 45 nitrogen and oxygen atoms in total. The van der Waals surface area contributed by atoms with Crippen molar-refractivity contribution in [1.82, 2.24) is 140 Å². The maximum absolute atomic E-state index is 15.1. The van der Waals surface area contributed by atoms with Gasteiger partial charge in [0.05, 0.1) is 78.2 Å². The number of nitrogens with zero attached hydrogens (tertiary/aromatic N) is 6. The molecule has 130 heavy (non-hydrogen) atoms. The lowest BCUT2D eigenvalue weighted by Crippen LogP contribution is -2.62. The van der Waals surface area contributed by atoms with Gasteiger partial charge in [0.15, 0.2) is 0 Å². The molecule has 0 unspecified atom stereocenters. The number of hydrogen-bond acceptors (Lipinski definition) is 25. The molecule has 0 aliphatic carbocycles. The number of hydrogen-bond donors (Lipinski definition) is 25. The van der Waals surface area contributed by atoms with Crippen LogP contribution in [0.4, 0.5) is 0 Å². The number of rotatable bonds is 57. The third-order valence-corrected chi connectivity index (χ3v) is 20.9. The van der Waals surface area contributed by atoms with Crippen molar-refractivity contribution in [3.8, 4) is 0 Å². The van der Waals surface area contributed by atoms with E-state index in [1.807, 2.05) is 13.8 Å². The number of imidazole rings is 6. The van der Waals surface area contributed by atoms with Crippen LogP contribution < -0.4 is 85.5 Å². The summed E-state index contributed by atoms with van der Waals surface area (Å²) >= 11 is 8.81. The van der Waals surface area contributed by atoms with E-state index in [9.17, 15) is 67.1 Å². The van der Waals surface area contributed by atoms with E-state index in [0.717, 1.165) is 0 Å². The molecule has 0 aliphatic rings. The van der Waals surface area contributed by atoms with E-state index in [2.05, 4.69) is 165 Å². The number of thiol groups is 2. The fourth-order valence-corrected chi connectivity index (χ4v) is 14.2. The summed E-state index contributed by atoms with van der Waals surface area (Å²) in [6, 6.07) is -20.8. The van der Waals surface area contributed by atoms with Crippen molar-refractivity contribution in [3.05, 3.63) is 109 Å². The number of carbonyl (C=O) groups is 16. The molecule has 6 rings (SSSR count). The second-order valence-electron chi connectivity index (χ2n) is 34.5. The Balaban J connectivity index is 1.19. The highest BCUT2D eigenvalue weighted by Gasteiger charge is 2.40. The van der Waals surface area contributed by atoms with Crippen LogP contribution in [0.1, 0.15) is 163 Å². The lowest BCUT2D eigenvalue weighted by atomic mass is 9.99. The van der Waals surface area contributed by atoms with Crippen LogP contribution in [0.15, 0.2) is 75.1 Å². The lowest BCUT2D eigenvalue weighted by Gasteiger charge is -2.29. The standard InChI is InChI=1S/C83H128N28O17S2/c1-41(2)14-54(84)70(115)99-60(20-48-26-85-35-92-48)76(121)106-61(21-49-27-86-36-93-49)77(122)103-58(18-45(9)10)74(119)111-67(34-130)83(128)109-65(25-53-31-90-40-97-53)80(125)102-56(16-43(5)6)72(117)101-57(17-44(7)8)73(118)105-63(23-51-29-88-38-95-51)81(126)107-62(22-50-28-87-37-94-50)78(123)104-59(19-46(11)12)75(120)110-66(33-129)82(127)108-64(24-52-30-89-39-96-52)79(124)100-55(15-42(3)4)71(116)98-47(13)69(114)91-32-68(112)113/h26-31,35-47,54-67,129-130H,14-25,32-34,84H2,1-13H3,(H,85,92)(H,86,93)(H,87,94)(H,88,95)(H,89,96)(H,90,97)(H,91,114)(H,98,116)(H,99,115)(H,100,124)(H,101,117)(H,102,125)(H,103,122)(H,104,123)(H,105,118)(H,106,121)(H,107,126)(H,108,127)(H,109,128)(H,110,120)(H,111,119)(H,112,113)/t47-,54-,55-,56-,57-,58-,59-,60-,61-,62-,63-,64-,65-,66-,67-/m0/s1. The Labute approximate surface area is 763 Å². The van der Waals surface area contributed by atoms with Gasteiger partial charge < -0.3 is 120 Å². The van der Waals surface area contributed by atoms with Crippen LogP contribution in [0.2, 0.25) is 0 Å². The van der Waals surface area contributed by atoms with Crippen molar-refractivity contribution in [3.63, 3.8) is 0 Å². The maximum Gasteiger partial charge on any atom is 0.322 e. The molecule has 714 valence electrons. The van der Waals surface area contributed by atoms with Crippen molar-refractivity contribution in [1.29, 1.82) is 0 Å². The Morgan fingerprint density at radius 3 is 0.631 bits per heavy atom. The van der Waals surface area contributed by atoms with E-state index in [1.165, 1.54) is 75.9 Å². The van der Waals surface area contributed by atoms with Crippen molar-refractivity contribution >= 4 is 120 Å². The molecule has 0 bridgehead atoms. The molecule has 0 aliphatic heterocycles. The molecule has 0 radical (unpaired) electrons. The normalized spacial score (nSPS) is 14.9. The van der Waals surface area contributed by atoms with E-state index in [4.69, 9.17) is 10.8 Å². The first-order chi connectivity index (χ1) is 61.6. The lowest BCUT2D eigenvalue weighted by molar-refractivity contribution is -0.138. The number of carboxylic acids is 1. The summed E-state index contributed by atoms with van der Waals surface area (Å²) in [5.74, 6) is -16.1. The number of carbonyl (C=O) groups excluding carboxylic acids is 15. The van der Waals surface area contributed by atoms with Gasteiger partial charge in [-0.05, 0) is 81.0 Å². The molecular formula is C83H128N28O17S2. The smallest absolute Gasteiger partial charge is 0.322 e. The number of aromatic nitrogens is 12.